The number of carbonyl (C=O) groups excluding carboxylic acids is 1. The van der Waals surface area contributed by atoms with Crippen molar-refractivity contribution in [1.29, 1.82) is 0 Å². The first-order valence-electron chi connectivity index (χ1n) is 8.39. The van der Waals surface area contributed by atoms with Gasteiger partial charge in [-0.2, -0.15) is 0 Å². The fourth-order valence-corrected chi connectivity index (χ4v) is 2.89. The normalized spacial score (nSPS) is 19.7. The van der Waals surface area contributed by atoms with Crippen molar-refractivity contribution in [3.63, 3.8) is 0 Å². The van der Waals surface area contributed by atoms with Gasteiger partial charge in [-0.25, -0.2) is 4.79 Å². The van der Waals surface area contributed by atoms with Crippen molar-refractivity contribution >= 4 is 11.8 Å². The van der Waals surface area contributed by atoms with E-state index in [4.69, 9.17) is 9.47 Å². The third kappa shape index (κ3) is 4.92. The number of carbonyl (C=O) groups is 1. The fraction of sp³-hybridized carbons (Fsp3) is 0.611. The quantitative estimate of drug-likeness (QED) is 0.607. The summed E-state index contributed by atoms with van der Waals surface area (Å²) >= 11 is 0. The molecule has 0 bridgehead atoms. The molecule has 1 atom stereocenters. The molecule has 0 unspecified atom stereocenters. The van der Waals surface area contributed by atoms with Crippen LogP contribution in [-0.4, -0.2) is 39.9 Å². The van der Waals surface area contributed by atoms with Gasteiger partial charge in [-0.3, -0.25) is 15.0 Å². The van der Waals surface area contributed by atoms with E-state index in [1.165, 1.54) is 12.1 Å². The van der Waals surface area contributed by atoms with E-state index in [2.05, 4.69) is 0 Å². The van der Waals surface area contributed by atoms with Gasteiger partial charge in [0.05, 0.1) is 17.6 Å². The van der Waals surface area contributed by atoms with E-state index in [1.807, 2.05) is 34.6 Å². The number of benzene rings is 1. The molecule has 7 heteroatoms. The predicted octanol–water partition coefficient (Wildman–Crippen LogP) is 3.90. The van der Waals surface area contributed by atoms with Crippen LogP contribution in [0.4, 0.5) is 10.5 Å². The molecule has 1 saturated heterocycles. The lowest BCUT2D eigenvalue weighted by Gasteiger charge is -2.35. The number of ether oxygens (including phenoxy) is 2. The second-order valence-electron chi connectivity index (χ2n) is 7.72. The van der Waals surface area contributed by atoms with Gasteiger partial charge in [0.25, 0.3) is 5.69 Å². The SMILES string of the molecule is CC(C)(C)OC(=O)N1[C@H](CCc2ccc([N+](=O)[O-])cc2)COC1(C)C. The van der Waals surface area contributed by atoms with Gasteiger partial charge < -0.3 is 9.47 Å². The first kappa shape index (κ1) is 19.2. The smallest absolute Gasteiger partial charge is 0.412 e. The number of non-ortho nitro benzene ring substituents is 1. The second-order valence-corrected chi connectivity index (χ2v) is 7.72. The van der Waals surface area contributed by atoms with E-state index in [-0.39, 0.29) is 17.8 Å². The highest BCUT2D eigenvalue weighted by molar-refractivity contribution is 5.69. The largest absolute Gasteiger partial charge is 0.444 e. The lowest BCUT2D eigenvalue weighted by Crippen LogP contribution is -2.49. The van der Waals surface area contributed by atoms with Gasteiger partial charge in [-0.05, 0) is 53.0 Å². The molecule has 0 spiro atoms. The van der Waals surface area contributed by atoms with Crippen LogP contribution < -0.4 is 0 Å². The van der Waals surface area contributed by atoms with Crippen LogP contribution in [0.25, 0.3) is 0 Å². The molecule has 0 radical (unpaired) electrons. The average Bonchev–Trinajstić information content (AvgIpc) is 2.78. The van der Waals surface area contributed by atoms with Crippen LogP contribution >= 0.6 is 0 Å². The minimum atomic E-state index is -0.720. The molecule has 25 heavy (non-hydrogen) atoms. The maximum atomic E-state index is 12.6. The Balaban J connectivity index is 2.04. The van der Waals surface area contributed by atoms with Crippen molar-refractivity contribution in [2.24, 2.45) is 0 Å². The summed E-state index contributed by atoms with van der Waals surface area (Å²) < 4.78 is 11.3. The van der Waals surface area contributed by atoms with Crippen LogP contribution in [0.2, 0.25) is 0 Å². The number of aryl methyl sites for hydroxylation is 1. The van der Waals surface area contributed by atoms with E-state index in [1.54, 1.807) is 17.0 Å². The first-order chi connectivity index (χ1) is 11.5. The van der Waals surface area contributed by atoms with E-state index in [0.717, 1.165) is 5.56 Å². The van der Waals surface area contributed by atoms with Gasteiger partial charge >= 0.3 is 6.09 Å². The number of amides is 1. The zero-order valence-electron chi connectivity index (χ0n) is 15.4. The second kappa shape index (κ2) is 7.00. The molecule has 1 aromatic rings. The Labute approximate surface area is 148 Å². The highest BCUT2D eigenvalue weighted by Crippen LogP contribution is 2.31. The standard InChI is InChI=1S/C18H26N2O5/c1-17(2,3)25-16(21)19-15(12-24-18(19,4)5)11-8-13-6-9-14(10-7-13)20(22)23/h6-7,9-10,15H,8,11-12H2,1-5H3/t15-/m1/s1. The van der Waals surface area contributed by atoms with E-state index < -0.39 is 16.2 Å². The molecule has 1 heterocycles. The van der Waals surface area contributed by atoms with Crippen LogP contribution in [0.5, 0.6) is 0 Å². The zero-order chi connectivity index (χ0) is 18.8. The van der Waals surface area contributed by atoms with Crippen molar-refractivity contribution in [2.45, 2.75) is 64.8 Å². The number of hydrogen-bond donors (Lipinski definition) is 0. The Morgan fingerprint density at radius 3 is 2.48 bits per heavy atom. The number of hydrogen-bond acceptors (Lipinski definition) is 5. The van der Waals surface area contributed by atoms with Crippen molar-refractivity contribution < 1.29 is 19.2 Å². The summed E-state index contributed by atoms with van der Waals surface area (Å²) in [6.07, 6.45) is 1.01. The maximum absolute atomic E-state index is 12.6. The van der Waals surface area contributed by atoms with Gasteiger partial charge in [0, 0.05) is 12.1 Å². The van der Waals surface area contributed by atoms with Crippen LogP contribution in [-0.2, 0) is 15.9 Å². The minimum Gasteiger partial charge on any atom is -0.444 e. The van der Waals surface area contributed by atoms with Crippen molar-refractivity contribution in [1.82, 2.24) is 4.90 Å². The van der Waals surface area contributed by atoms with Gasteiger partial charge in [0.1, 0.15) is 11.3 Å². The van der Waals surface area contributed by atoms with Crippen LogP contribution in [0, 0.1) is 10.1 Å². The third-order valence-corrected chi connectivity index (χ3v) is 4.08. The van der Waals surface area contributed by atoms with E-state index in [0.29, 0.717) is 19.4 Å². The van der Waals surface area contributed by atoms with Crippen molar-refractivity contribution in [2.75, 3.05) is 6.61 Å². The van der Waals surface area contributed by atoms with Gasteiger partial charge in [-0.15, -0.1) is 0 Å². The number of nitro benzene ring substituents is 1. The number of rotatable bonds is 4. The molecule has 138 valence electrons. The Morgan fingerprint density at radius 1 is 1.36 bits per heavy atom. The number of nitrogens with zero attached hydrogens (tertiary/aromatic N) is 2. The summed E-state index contributed by atoms with van der Waals surface area (Å²) in [4.78, 5) is 24.5. The molecule has 2 rings (SSSR count). The molecule has 7 nitrogen and oxygen atoms in total. The Kier molecular flexibility index (Phi) is 5.37. The molecule has 0 N–H and O–H groups in total. The summed E-state index contributed by atoms with van der Waals surface area (Å²) in [6.45, 7) is 9.65. The van der Waals surface area contributed by atoms with Gasteiger partial charge in [0.2, 0.25) is 0 Å². The summed E-state index contributed by atoms with van der Waals surface area (Å²) in [5.74, 6) is 0. The topological polar surface area (TPSA) is 81.9 Å². The third-order valence-electron chi connectivity index (χ3n) is 4.08. The van der Waals surface area contributed by atoms with E-state index in [9.17, 15) is 14.9 Å². The molecule has 1 fully saturated rings. The van der Waals surface area contributed by atoms with Gasteiger partial charge in [0.15, 0.2) is 0 Å². The molecule has 1 aromatic carbocycles. The van der Waals surface area contributed by atoms with Crippen LogP contribution in [0.1, 0.15) is 46.6 Å². The van der Waals surface area contributed by atoms with Crippen LogP contribution in [0.3, 0.4) is 0 Å². The predicted molar refractivity (Wildman–Crippen MR) is 93.3 cm³/mol. The lowest BCUT2D eigenvalue weighted by molar-refractivity contribution is -0.384. The fourth-order valence-electron chi connectivity index (χ4n) is 2.89. The molecule has 1 aliphatic heterocycles. The average molecular weight is 350 g/mol. The zero-order valence-corrected chi connectivity index (χ0v) is 15.4. The minimum absolute atomic E-state index is 0.0736. The monoisotopic (exact) mass is 350 g/mol. The van der Waals surface area contributed by atoms with Crippen molar-refractivity contribution in [3.8, 4) is 0 Å². The molecule has 1 aliphatic rings. The molecule has 1 amide bonds. The Bertz CT molecular complexity index is 634. The molecule has 0 aliphatic carbocycles. The highest BCUT2D eigenvalue weighted by Gasteiger charge is 2.45. The van der Waals surface area contributed by atoms with Crippen molar-refractivity contribution in [3.05, 3.63) is 39.9 Å². The molecular weight excluding hydrogens is 324 g/mol. The van der Waals surface area contributed by atoms with Crippen LogP contribution in [0.15, 0.2) is 24.3 Å². The number of nitro groups is 1. The highest BCUT2D eigenvalue weighted by atomic mass is 16.6. The van der Waals surface area contributed by atoms with E-state index >= 15 is 0 Å². The van der Waals surface area contributed by atoms with Gasteiger partial charge in [-0.1, -0.05) is 12.1 Å². The maximum Gasteiger partial charge on any atom is 0.412 e. The summed E-state index contributed by atoms with van der Waals surface area (Å²) in [6, 6.07) is 6.39. The lowest BCUT2D eigenvalue weighted by atomic mass is 10.0. The summed E-state index contributed by atoms with van der Waals surface area (Å²) in [5, 5.41) is 10.7. The first-order valence-corrected chi connectivity index (χ1v) is 8.39. The Hall–Kier alpha value is -2.15. The molecule has 0 saturated carbocycles. The summed E-state index contributed by atoms with van der Waals surface area (Å²) in [5.41, 5.74) is -0.231. The Morgan fingerprint density at radius 2 is 1.96 bits per heavy atom. The summed E-state index contributed by atoms with van der Waals surface area (Å²) in [7, 11) is 0. The molecular formula is C18H26N2O5. The molecule has 0 aromatic heterocycles.